The molecule has 1 heterocycles. The van der Waals surface area contributed by atoms with Crippen molar-refractivity contribution in [1.82, 2.24) is 0 Å². The molecule has 0 N–H and O–H groups in total. The minimum absolute atomic E-state index is 0.167. The molecule has 0 amide bonds. The lowest BCUT2D eigenvalue weighted by Crippen LogP contribution is -2.03. The summed E-state index contributed by atoms with van der Waals surface area (Å²) in [6, 6.07) is 21.3. The summed E-state index contributed by atoms with van der Waals surface area (Å²) in [6.45, 7) is 0. The minimum atomic E-state index is -0.523. The van der Waals surface area contributed by atoms with E-state index in [2.05, 4.69) is 0 Å². The van der Waals surface area contributed by atoms with Crippen LogP contribution in [-0.4, -0.2) is 11.8 Å². The van der Waals surface area contributed by atoms with Crippen molar-refractivity contribution in [3.63, 3.8) is 0 Å². The highest BCUT2D eigenvalue weighted by Crippen LogP contribution is 2.35. The Hall–Kier alpha value is -3.63. The average molecular weight is 403 g/mol. The molecule has 29 heavy (non-hydrogen) atoms. The van der Waals surface area contributed by atoms with Crippen molar-refractivity contribution in [3.8, 4) is 11.5 Å². The number of Topliss-reactive ketones (excluding diaryl/α,β-unsaturated/α-hetero) is 1. The van der Waals surface area contributed by atoms with Crippen molar-refractivity contribution < 1.29 is 19.1 Å². The van der Waals surface area contributed by atoms with E-state index in [1.165, 1.54) is 12.1 Å². The molecule has 3 aromatic carbocycles. The second kappa shape index (κ2) is 8.17. The largest absolute Gasteiger partial charge is 0.452 e. The molecule has 4 nitrogen and oxygen atoms in total. The predicted molar refractivity (Wildman–Crippen MR) is 112 cm³/mol. The van der Waals surface area contributed by atoms with Crippen LogP contribution in [0.25, 0.3) is 12.2 Å². The maximum atomic E-state index is 12.5. The quantitative estimate of drug-likeness (QED) is 0.325. The molecular formula is C24H15ClO4. The number of hydrogen-bond acceptors (Lipinski definition) is 4. The SMILES string of the molecule is O=C(/C=C/c1ccccc1)Oc1ccc2c(c1)O/C(=C\c1ccccc1Cl)C2=O. The number of halogens is 1. The van der Waals surface area contributed by atoms with Crippen LogP contribution in [0.15, 0.2) is 84.6 Å². The van der Waals surface area contributed by atoms with Gasteiger partial charge in [0, 0.05) is 17.2 Å². The Morgan fingerprint density at radius 2 is 1.72 bits per heavy atom. The number of ether oxygens (including phenoxy) is 2. The highest BCUT2D eigenvalue weighted by molar-refractivity contribution is 6.32. The third-order valence-electron chi connectivity index (χ3n) is 4.26. The van der Waals surface area contributed by atoms with Gasteiger partial charge in [-0.25, -0.2) is 4.79 Å². The fraction of sp³-hybridized carbons (Fsp3) is 0. The number of benzene rings is 3. The van der Waals surface area contributed by atoms with Crippen molar-refractivity contribution in [3.05, 3.63) is 106 Å². The van der Waals surface area contributed by atoms with Crippen LogP contribution >= 0.6 is 11.6 Å². The summed E-state index contributed by atoms with van der Waals surface area (Å²) in [4.78, 5) is 24.6. The van der Waals surface area contributed by atoms with E-state index in [0.717, 1.165) is 5.56 Å². The zero-order valence-corrected chi connectivity index (χ0v) is 15.9. The summed E-state index contributed by atoms with van der Waals surface area (Å²) >= 11 is 6.14. The smallest absolute Gasteiger partial charge is 0.336 e. The van der Waals surface area contributed by atoms with E-state index < -0.39 is 5.97 Å². The van der Waals surface area contributed by atoms with Gasteiger partial charge in [0.2, 0.25) is 5.78 Å². The Balaban J connectivity index is 1.49. The number of hydrogen-bond donors (Lipinski definition) is 0. The highest BCUT2D eigenvalue weighted by atomic mass is 35.5. The molecule has 0 bridgehead atoms. The maximum absolute atomic E-state index is 12.5. The third kappa shape index (κ3) is 4.28. The number of ketones is 1. The molecule has 0 atom stereocenters. The van der Waals surface area contributed by atoms with Crippen LogP contribution in [0.5, 0.6) is 11.5 Å². The van der Waals surface area contributed by atoms with E-state index in [9.17, 15) is 9.59 Å². The molecule has 5 heteroatoms. The first kappa shape index (κ1) is 18.7. The standard InChI is InChI=1S/C24H15ClO4/c25-20-9-5-4-8-17(20)14-22-24(27)19-12-11-18(15-21(19)29-22)28-23(26)13-10-16-6-2-1-3-7-16/h1-15H/b13-10+,22-14-. The lowest BCUT2D eigenvalue weighted by atomic mass is 10.1. The van der Waals surface area contributed by atoms with E-state index in [0.29, 0.717) is 27.6 Å². The Kier molecular flexibility index (Phi) is 5.27. The molecule has 3 aromatic rings. The van der Waals surface area contributed by atoms with E-state index in [1.807, 2.05) is 42.5 Å². The van der Waals surface area contributed by atoms with Gasteiger partial charge in [0.15, 0.2) is 5.76 Å². The monoisotopic (exact) mass is 402 g/mol. The second-order valence-corrected chi connectivity index (χ2v) is 6.69. The molecule has 0 radical (unpaired) electrons. The fourth-order valence-corrected chi connectivity index (χ4v) is 3.03. The predicted octanol–water partition coefficient (Wildman–Crippen LogP) is 5.58. The van der Waals surface area contributed by atoms with Crippen molar-refractivity contribution >= 4 is 35.5 Å². The van der Waals surface area contributed by atoms with Gasteiger partial charge in [0.05, 0.1) is 5.56 Å². The third-order valence-corrected chi connectivity index (χ3v) is 4.61. The van der Waals surface area contributed by atoms with E-state index in [4.69, 9.17) is 21.1 Å². The normalized spacial score (nSPS) is 14.1. The van der Waals surface area contributed by atoms with Gasteiger partial charge < -0.3 is 9.47 Å². The fourth-order valence-electron chi connectivity index (χ4n) is 2.84. The number of fused-ring (bicyclic) bond motifs is 1. The molecule has 0 spiro atoms. The lowest BCUT2D eigenvalue weighted by molar-refractivity contribution is -0.128. The molecule has 142 valence electrons. The Morgan fingerprint density at radius 1 is 0.966 bits per heavy atom. The molecule has 4 rings (SSSR count). The van der Waals surface area contributed by atoms with Gasteiger partial charge >= 0.3 is 5.97 Å². The van der Waals surface area contributed by atoms with Crippen LogP contribution in [0, 0.1) is 0 Å². The number of carbonyl (C=O) groups is 2. The molecule has 0 saturated carbocycles. The van der Waals surface area contributed by atoms with Gasteiger partial charge in [-0.3, -0.25) is 4.79 Å². The van der Waals surface area contributed by atoms with Crippen LogP contribution in [0.2, 0.25) is 5.02 Å². The first-order valence-corrected chi connectivity index (χ1v) is 9.26. The molecule has 0 fully saturated rings. The maximum Gasteiger partial charge on any atom is 0.336 e. The first-order chi connectivity index (χ1) is 14.1. The Labute approximate surface area is 172 Å². The summed E-state index contributed by atoms with van der Waals surface area (Å²) in [5.74, 6) is 0.0242. The van der Waals surface area contributed by atoms with Crippen LogP contribution in [0.4, 0.5) is 0 Å². The molecule has 1 aliphatic heterocycles. The van der Waals surface area contributed by atoms with Gasteiger partial charge in [-0.1, -0.05) is 60.1 Å². The molecule has 0 unspecified atom stereocenters. The molecule has 0 saturated heterocycles. The van der Waals surface area contributed by atoms with Gasteiger partial charge in [-0.2, -0.15) is 0 Å². The van der Waals surface area contributed by atoms with Crippen molar-refractivity contribution in [2.45, 2.75) is 0 Å². The molecule has 0 aromatic heterocycles. The summed E-state index contributed by atoms with van der Waals surface area (Å²) in [7, 11) is 0. The van der Waals surface area contributed by atoms with Gasteiger partial charge in [0.1, 0.15) is 11.5 Å². The van der Waals surface area contributed by atoms with Crippen molar-refractivity contribution in [2.24, 2.45) is 0 Å². The first-order valence-electron chi connectivity index (χ1n) is 8.88. The molecule has 1 aliphatic rings. The number of allylic oxidation sites excluding steroid dienone is 1. The van der Waals surface area contributed by atoms with Gasteiger partial charge in [-0.15, -0.1) is 0 Å². The number of rotatable bonds is 4. The van der Waals surface area contributed by atoms with Crippen LogP contribution in [0.1, 0.15) is 21.5 Å². The molecule has 0 aliphatic carbocycles. The highest BCUT2D eigenvalue weighted by Gasteiger charge is 2.28. The summed E-state index contributed by atoms with van der Waals surface area (Å²) < 4.78 is 11.0. The van der Waals surface area contributed by atoms with Crippen molar-refractivity contribution in [2.75, 3.05) is 0 Å². The van der Waals surface area contributed by atoms with E-state index in [1.54, 1.807) is 36.4 Å². The van der Waals surface area contributed by atoms with Crippen molar-refractivity contribution in [1.29, 1.82) is 0 Å². The minimum Gasteiger partial charge on any atom is -0.452 e. The summed E-state index contributed by atoms with van der Waals surface area (Å²) in [6.07, 6.45) is 4.61. The topological polar surface area (TPSA) is 52.6 Å². The van der Waals surface area contributed by atoms with Crippen LogP contribution < -0.4 is 9.47 Å². The van der Waals surface area contributed by atoms with E-state index in [-0.39, 0.29) is 11.5 Å². The Bertz CT molecular complexity index is 1150. The second-order valence-electron chi connectivity index (χ2n) is 6.28. The van der Waals surface area contributed by atoms with E-state index >= 15 is 0 Å². The summed E-state index contributed by atoms with van der Waals surface area (Å²) in [5.41, 5.74) is 1.98. The summed E-state index contributed by atoms with van der Waals surface area (Å²) in [5, 5.41) is 0.521. The van der Waals surface area contributed by atoms with Gasteiger partial charge in [-0.05, 0) is 41.5 Å². The number of carbonyl (C=O) groups excluding carboxylic acids is 2. The number of esters is 1. The average Bonchev–Trinajstić information content (AvgIpc) is 3.04. The molecular weight excluding hydrogens is 388 g/mol. The zero-order chi connectivity index (χ0) is 20.2. The Morgan fingerprint density at radius 3 is 2.52 bits per heavy atom. The van der Waals surface area contributed by atoms with Gasteiger partial charge in [0.25, 0.3) is 0 Å². The lowest BCUT2D eigenvalue weighted by Gasteiger charge is -2.03. The zero-order valence-electron chi connectivity index (χ0n) is 15.2. The van der Waals surface area contributed by atoms with Crippen LogP contribution in [0.3, 0.4) is 0 Å². The van der Waals surface area contributed by atoms with Crippen LogP contribution in [-0.2, 0) is 4.79 Å².